The lowest BCUT2D eigenvalue weighted by Gasteiger charge is -2.38. The second-order valence-electron chi connectivity index (χ2n) is 5.54. The molecule has 0 spiro atoms. The maximum Gasteiger partial charge on any atom is 0.131 e. The predicted molar refractivity (Wildman–Crippen MR) is 72.2 cm³/mol. The quantitative estimate of drug-likeness (QED) is 0.871. The van der Waals surface area contributed by atoms with E-state index in [-0.39, 0.29) is 5.82 Å². The second-order valence-corrected chi connectivity index (χ2v) is 5.54. The van der Waals surface area contributed by atoms with E-state index >= 15 is 0 Å². The molecule has 0 saturated carbocycles. The minimum atomic E-state index is -0.768. The van der Waals surface area contributed by atoms with Crippen LogP contribution in [0.4, 0.5) is 10.1 Å². The molecule has 0 radical (unpaired) electrons. The Morgan fingerprint density at radius 2 is 2.06 bits per heavy atom. The van der Waals surface area contributed by atoms with Crippen molar-refractivity contribution in [2.45, 2.75) is 33.3 Å². The first-order chi connectivity index (χ1) is 8.50. The number of anilines is 1. The molecule has 0 aliphatic carbocycles. The van der Waals surface area contributed by atoms with Gasteiger partial charge in [0.25, 0.3) is 0 Å². The smallest absolute Gasteiger partial charge is 0.131 e. The molecule has 1 N–H and O–H groups in total. The second kappa shape index (κ2) is 5.27. The Bertz CT molecular complexity index is 419. The van der Waals surface area contributed by atoms with Crippen molar-refractivity contribution in [1.29, 1.82) is 0 Å². The Morgan fingerprint density at radius 3 is 2.67 bits per heavy atom. The van der Waals surface area contributed by atoms with Crippen LogP contribution < -0.4 is 4.90 Å². The van der Waals surface area contributed by atoms with Gasteiger partial charge in [0.1, 0.15) is 5.82 Å². The van der Waals surface area contributed by atoms with Crippen molar-refractivity contribution in [3.63, 3.8) is 0 Å². The van der Waals surface area contributed by atoms with Crippen molar-refractivity contribution < 1.29 is 9.50 Å². The Kier molecular flexibility index (Phi) is 3.91. The summed E-state index contributed by atoms with van der Waals surface area (Å²) in [4.78, 5) is 2.20. The minimum absolute atomic E-state index is 0.311. The van der Waals surface area contributed by atoms with Crippen LogP contribution in [0.1, 0.15) is 38.9 Å². The van der Waals surface area contributed by atoms with Crippen LogP contribution in [-0.2, 0) is 0 Å². The zero-order chi connectivity index (χ0) is 13.3. The number of rotatable bonds is 2. The third-order valence-electron chi connectivity index (χ3n) is 4.12. The van der Waals surface area contributed by atoms with Crippen LogP contribution in [0.15, 0.2) is 18.2 Å². The van der Waals surface area contributed by atoms with Gasteiger partial charge in [-0.3, -0.25) is 0 Å². The molecular weight excluding hydrogens is 229 g/mol. The third-order valence-corrected chi connectivity index (χ3v) is 4.12. The van der Waals surface area contributed by atoms with Crippen molar-refractivity contribution in [3.8, 4) is 0 Å². The summed E-state index contributed by atoms with van der Waals surface area (Å²) < 4.78 is 13.8. The monoisotopic (exact) mass is 251 g/mol. The van der Waals surface area contributed by atoms with E-state index in [1.165, 1.54) is 6.07 Å². The van der Waals surface area contributed by atoms with Crippen molar-refractivity contribution >= 4 is 5.69 Å². The largest absolute Gasteiger partial charge is 0.389 e. The number of benzene rings is 1. The van der Waals surface area contributed by atoms with E-state index in [2.05, 4.69) is 18.7 Å². The summed E-state index contributed by atoms with van der Waals surface area (Å²) in [7, 11) is 0. The fourth-order valence-electron chi connectivity index (χ4n) is 2.70. The predicted octanol–water partition coefficient (Wildman–Crippen LogP) is 3.36. The van der Waals surface area contributed by atoms with Gasteiger partial charge in [0.05, 0.1) is 6.10 Å². The van der Waals surface area contributed by atoms with Crippen LogP contribution >= 0.6 is 0 Å². The van der Waals surface area contributed by atoms with Crippen LogP contribution in [-0.4, -0.2) is 18.2 Å². The van der Waals surface area contributed by atoms with Gasteiger partial charge in [0.15, 0.2) is 0 Å². The number of aliphatic hydroxyl groups is 1. The van der Waals surface area contributed by atoms with E-state index < -0.39 is 6.10 Å². The lowest BCUT2D eigenvalue weighted by Crippen LogP contribution is -2.39. The Balaban J connectivity index is 2.31. The minimum Gasteiger partial charge on any atom is -0.389 e. The van der Waals surface area contributed by atoms with Gasteiger partial charge < -0.3 is 10.0 Å². The molecule has 100 valence electrons. The van der Waals surface area contributed by atoms with Crippen LogP contribution in [0.2, 0.25) is 0 Å². The summed E-state index contributed by atoms with van der Waals surface area (Å²) in [5.41, 5.74) is 1.28. The summed E-state index contributed by atoms with van der Waals surface area (Å²) in [6, 6.07) is 5.05. The zero-order valence-corrected chi connectivity index (χ0v) is 11.4. The molecular formula is C15H22FNO. The molecule has 2 rings (SSSR count). The van der Waals surface area contributed by atoms with Gasteiger partial charge in [-0.2, -0.15) is 0 Å². The molecule has 1 saturated heterocycles. The molecule has 1 aliphatic heterocycles. The lowest BCUT2D eigenvalue weighted by atomic mass is 9.88. The highest BCUT2D eigenvalue weighted by Gasteiger charge is 2.26. The van der Waals surface area contributed by atoms with Crippen LogP contribution in [0.25, 0.3) is 0 Å². The molecule has 3 unspecified atom stereocenters. The highest BCUT2D eigenvalue weighted by atomic mass is 19.1. The zero-order valence-electron chi connectivity index (χ0n) is 11.4. The average molecular weight is 251 g/mol. The highest BCUT2D eigenvalue weighted by molar-refractivity contribution is 5.55. The molecule has 1 aliphatic rings. The SMILES string of the molecule is CC(O)c1c(F)cccc1N1CCC(C)C(C)C1. The summed E-state index contributed by atoms with van der Waals surface area (Å²) in [6.07, 6.45) is 0.354. The number of halogens is 1. The fourth-order valence-corrected chi connectivity index (χ4v) is 2.70. The molecule has 1 heterocycles. The van der Waals surface area contributed by atoms with E-state index in [4.69, 9.17) is 0 Å². The van der Waals surface area contributed by atoms with Crippen molar-refractivity contribution in [1.82, 2.24) is 0 Å². The molecule has 1 aromatic rings. The van der Waals surface area contributed by atoms with Gasteiger partial charge in [0.2, 0.25) is 0 Å². The van der Waals surface area contributed by atoms with Crippen LogP contribution in [0.5, 0.6) is 0 Å². The number of hydrogen-bond acceptors (Lipinski definition) is 2. The Morgan fingerprint density at radius 1 is 1.33 bits per heavy atom. The molecule has 2 nitrogen and oxygen atoms in total. The van der Waals surface area contributed by atoms with Gasteiger partial charge in [-0.25, -0.2) is 4.39 Å². The van der Waals surface area contributed by atoms with Gasteiger partial charge in [-0.1, -0.05) is 19.9 Å². The van der Waals surface area contributed by atoms with E-state index in [1.807, 2.05) is 6.07 Å². The molecule has 3 heteroatoms. The Labute approximate surface area is 108 Å². The molecule has 1 aromatic carbocycles. The first-order valence-electron chi connectivity index (χ1n) is 6.72. The van der Waals surface area contributed by atoms with Gasteiger partial charge >= 0.3 is 0 Å². The molecule has 18 heavy (non-hydrogen) atoms. The first kappa shape index (κ1) is 13.3. The van der Waals surface area contributed by atoms with Crippen LogP contribution in [0.3, 0.4) is 0 Å². The highest BCUT2D eigenvalue weighted by Crippen LogP contribution is 2.33. The van der Waals surface area contributed by atoms with Crippen LogP contribution in [0, 0.1) is 17.7 Å². The normalized spacial score (nSPS) is 26.2. The maximum absolute atomic E-state index is 13.8. The van der Waals surface area contributed by atoms with Crippen molar-refractivity contribution in [2.75, 3.05) is 18.0 Å². The molecule has 0 aromatic heterocycles. The van der Waals surface area contributed by atoms with E-state index in [0.29, 0.717) is 17.4 Å². The third kappa shape index (κ3) is 2.51. The number of nitrogens with zero attached hydrogens (tertiary/aromatic N) is 1. The number of piperidine rings is 1. The summed E-state index contributed by atoms with van der Waals surface area (Å²) in [6.45, 7) is 8.00. The number of hydrogen-bond donors (Lipinski definition) is 1. The van der Waals surface area contributed by atoms with Gasteiger partial charge in [-0.05, 0) is 37.3 Å². The average Bonchev–Trinajstić information content (AvgIpc) is 2.32. The van der Waals surface area contributed by atoms with E-state index in [9.17, 15) is 9.50 Å². The summed E-state index contributed by atoms with van der Waals surface area (Å²) in [5, 5.41) is 9.77. The van der Waals surface area contributed by atoms with Crippen molar-refractivity contribution in [2.24, 2.45) is 11.8 Å². The number of aliphatic hydroxyl groups excluding tert-OH is 1. The standard InChI is InChI=1S/C15H22FNO/c1-10-7-8-17(9-11(10)2)14-6-4-5-13(16)15(14)12(3)18/h4-6,10-12,18H,7-9H2,1-3H3. The molecule has 1 fully saturated rings. The maximum atomic E-state index is 13.8. The van der Waals surface area contributed by atoms with Crippen molar-refractivity contribution in [3.05, 3.63) is 29.6 Å². The fraction of sp³-hybridized carbons (Fsp3) is 0.600. The molecule has 0 amide bonds. The summed E-state index contributed by atoms with van der Waals surface area (Å²) in [5.74, 6) is 1.00. The van der Waals surface area contributed by atoms with Gasteiger partial charge in [0, 0.05) is 24.3 Å². The van der Waals surface area contributed by atoms with E-state index in [1.54, 1.807) is 13.0 Å². The first-order valence-corrected chi connectivity index (χ1v) is 6.72. The summed E-state index contributed by atoms with van der Waals surface area (Å²) >= 11 is 0. The lowest BCUT2D eigenvalue weighted by molar-refractivity contribution is 0.194. The molecule has 3 atom stereocenters. The molecule has 0 bridgehead atoms. The Hall–Kier alpha value is -1.09. The topological polar surface area (TPSA) is 23.5 Å². The van der Waals surface area contributed by atoms with Gasteiger partial charge in [-0.15, -0.1) is 0 Å². The van der Waals surface area contributed by atoms with E-state index in [0.717, 1.165) is 25.2 Å².